The maximum atomic E-state index is 5.04. The van der Waals surface area contributed by atoms with Gasteiger partial charge in [0.1, 0.15) is 0 Å². The van der Waals surface area contributed by atoms with Gasteiger partial charge >= 0.3 is 0 Å². The zero-order chi connectivity index (χ0) is 25.5. The summed E-state index contributed by atoms with van der Waals surface area (Å²) >= 11 is 1.85. The molecule has 0 aliphatic rings. The second kappa shape index (κ2) is 7.72. The molecule has 0 radical (unpaired) electrons. The van der Waals surface area contributed by atoms with Crippen LogP contribution in [0.4, 0.5) is 0 Å². The van der Waals surface area contributed by atoms with Crippen LogP contribution < -0.4 is 0 Å². The summed E-state index contributed by atoms with van der Waals surface area (Å²) in [6.07, 6.45) is 1.84. The summed E-state index contributed by atoms with van der Waals surface area (Å²) in [7, 11) is 0. The Morgan fingerprint density at radius 2 is 1.28 bits per heavy atom. The second-order valence-electron chi connectivity index (χ2n) is 9.80. The van der Waals surface area contributed by atoms with Crippen molar-refractivity contribution in [3.63, 3.8) is 0 Å². The molecule has 182 valence electrons. The van der Waals surface area contributed by atoms with Gasteiger partial charge < -0.3 is 0 Å². The van der Waals surface area contributed by atoms with Crippen molar-refractivity contribution in [2.45, 2.75) is 0 Å². The van der Waals surface area contributed by atoms with Gasteiger partial charge in [0.15, 0.2) is 5.82 Å². The van der Waals surface area contributed by atoms with Crippen molar-refractivity contribution in [2.24, 2.45) is 0 Å². The van der Waals surface area contributed by atoms with Crippen LogP contribution in [0.5, 0.6) is 0 Å². The van der Waals surface area contributed by atoms with Gasteiger partial charge in [0.05, 0.1) is 39.3 Å². The smallest absolute Gasteiger partial charge is 0.221 e. The molecule has 0 spiro atoms. The summed E-state index contributed by atoms with van der Waals surface area (Å²) in [6, 6.07) is 38.3. The number of hydrogen-bond donors (Lipinski definition) is 0. The van der Waals surface area contributed by atoms with E-state index >= 15 is 0 Å². The van der Waals surface area contributed by atoms with Gasteiger partial charge in [0, 0.05) is 20.2 Å². The number of benzene rings is 5. The molecular weight excluding hydrogens is 498 g/mol. The minimum atomic E-state index is 0.753. The van der Waals surface area contributed by atoms with E-state index in [2.05, 4.69) is 87.8 Å². The highest BCUT2D eigenvalue weighted by Crippen LogP contribution is 2.37. The van der Waals surface area contributed by atoms with Crippen LogP contribution in [-0.2, 0) is 0 Å². The average Bonchev–Trinajstić information content (AvgIpc) is 3.65. The molecule has 0 bridgehead atoms. The number of thiophene rings is 1. The third-order valence-corrected chi connectivity index (χ3v) is 8.73. The second-order valence-corrected chi connectivity index (χ2v) is 10.9. The van der Waals surface area contributed by atoms with E-state index in [1.165, 1.54) is 31.3 Å². The van der Waals surface area contributed by atoms with Crippen LogP contribution in [0, 0.1) is 0 Å². The maximum Gasteiger partial charge on any atom is 0.221 e. The van der Waals surface area contributed by atoms with Crippen molar-refractivity contribution in [3.8, 4) is 16.9 Å². The Bertz CT molecular complexity index is 2410. The lowest BCUT2D eigenvalue weighted by molar-refractivity contribution is 1.04. The first kappa shape index (κ1) is 20.9. The van der Waals surface area contributed by atoms with Crippen molar-refractivity contribution in [1.29, 1.82) is 0 Å². The summed E-state index contributed by atoms with van der Waals surface area (Å²) < 4.78 is 6.99. The largest absolute Gasteiger partial charge is 0.276 e. The number of imidazole rings is 2. The third-order valence-electron chi connectivity index (χ3n) is 7.58. The number of nitrogens with zero attached hydrogens (tertiary/aromatic N) is 5. The van der Waals surface area contributed by atoms with Gasteiger partial charge in [0.25, 0.3) is 0 Å². The topological polar surface area (TPSA) is 48.0 Å². The average molecular weight is 518 g/mol. The maximum absolute atomic E-state index is 5.04. The summed E-state index contributed by atoms with van der Waals surface area (Å²) in [4.78, 5) is 14.7. The zero-order valence-corrected chi connectivity index (χ0v) is 21.4. The molecule has 0 N–H and O–H groups in total. The van der Waals surface area contributed by atoms with Crippen molar-refractivity contribution in [3.05, 3.63) is 115 Å². The normalized spacial score (nSPS) is 12.1. The van der Waals surface area contributed by atoms with Gasteiger partial charge in [-0.2, -0.15) is 0 Å². The summed E-state index contributed by atoms with van der Waals surface area (Å²) in [5.41, 5.74) is 8.25. The van der Waals surface area contributed by atoms with Gasteiger partial charge in [-0.3, -0.25) is 14.0 Å². The zero-order valence-electron chi connectivity index (χ0n) is 20.6. The van der Waals surface area contributed by atoms with Crippen molar-refractivity contribution < 1.29 is 0 Å². The van der Waals surface area contributed by atoms with Gasteiger partial charge in [-0.15, -0.1) is 11.3 Å². The number of fused-ring (bicyclic) bond motifs is 9. The fraction of sp³-hybridized carbons (Fsp3) is 0. The van der Waals surface area contributed by atoms with Crippen LogP contribution in [0.15, 0.2) is 115 Å². The molecule has 0 aliphatic carbocycles. The highest BCUT2D eigenvalue weighted by Gasteiger charge is 2.19. The first-order valence-electron chi connectivity index (χ1n) is 12.9. The van der Waals surface area contributed by atoms with Crippen molar-refractivity contribution in [2.75, 3.05) is 0 Å². The van der Waals surface area contributed by atoms with Crippen LogP contribution in [0.1, 0.15) is 0 Å². The molecule has 0 atom stereocenters. The lowest BCUT2D eigenvalue weighted by Crippen LogP contribution is -2.00. The summed E-state index contributed by atoms with van der Waals surface area (Å²) in [5.74, 6) is 1.58. The van der Waals surface area contributed by atoms with E-state index in [4.69, 9.17) is 15.0 Å². The molecule has 39 heavy (non-hydrogen) atoms. The number of aromatic nitrogens is 5. The van der Waals surface area contributed by atoms with E-state index in [1.807, 2.05) is 47.9 Å². The molecule has 0 fully saturated rings. The van der Waals surface area contributed by atoms with Gasteiger partial charge in [-0.05, 0) is 65.7 Å². The molecule has 5 nitrogen and oxygen atoms in total. The highest BCUT2D eigenvalue weighted by atomic mass is 32.1. The van der Waals surface area contributed by atoms with Crippen LogP contribution in [0.25, 0.3) is 76.0 Å². The van der Waals surface area contributed by atoms with E-state index in [9.17, 15) is 0 Å². The minimum absolute atomic E-state index is 0.753. The fourth-order valence-electron chi connectivity index (χ4n) is 5.77. The standard InChI is InChI=1S/C33H19N5S/c1-6-12-30-22(7-1)23-17-20(14-16-31(23)39-30)21-13-15-28-29(18-21)37-27-11-5-4-10-26(27)36-33(37)38(28)32-19-34-24-8-2-3-9-25(24)35-32/h1-19H. The Hall–Kier alpha value is -5.07. The Morgan fingerprint density at radius 1 is 0.538 bits per heavy atom. The summed E-state index contributed by atoms with van der Waals surface area (Å²) in [6.45, 7) is 0. The quantitative estimate of drug-likeness (QED) is 0.231. The van der Waals surface area contributed by atoms with E-state index in [0.29, 0.717) is 0 Å². The predicted octanol–water partition coefficient (Wildman–Crippen LogP) is 8.41. The molecule has 0 saturated carbocycles. The SMILES string of the molecule is c1ccc2nc(-n3c4ccc(-c5ccc6sc7ccccc7c6c5)cc4n4c5ccccc5nc34)cnc2c1. The number of hydrogen-bond acceptors (Lipinski definition) is 4. The minimum Gasteiger partial charge on any atom is -0.276 e. The molecule has 6 heteroatoms. The summed E-state index contributed by atoms with van der Waals surface area (Å²) in [5, 5.41) is 2.61. The first-order chi connectivity index (χ1) is 19.3. The molecule has 5 aromatic carbocycles. The Labute approximate surface area is 226 Å². The van der Waals surface area contributed by atoms with Gasteiger partial charge in [0.2, 0.25) is 5.78 Å². The lowest BCUT2D eigenvalue weighted by Gasteiger charge is -2.07. The lowest BCUT2D eigenvalue weighted by atomic mass is 10.0. The van der Waals surface area contributed by atoms with E-state index in [0.717, 1.165) is 44.7 Å². The molecule has 0 aliphatic heterocycles. The number of rotatable bonds is 2. The fourth-order valence-corrected chi connectivity index (χ4v) is 6.85. The van der Waals surface area contributed by atoms with Gasteiger partial charge in [-0.25, -0.2) is 9.97 Å². The van der Waals surface area contributed by atoms with Crippen LogP contribution >= 0.6 is 11.3 Å². The van der Waals surface area contributed by atoms with E-state index in [-0.39, 0.29) is 0 Å². The van der Waals surface area contributed by atoms with Crippen LogP contribution in [-0.4, -0.2) is 23.9 Å². The Balaban J connectivity index is 1.33. The predicted molar refractivity (Wildman–Crippen MR) is 161 cm³/mol. The molecule has 4 aromatic heterocycles. The third kappa shape index (κ3) is 2.97. The molecular formula is C33H19N5S. The van der Waals surface area contributed by atoms with Gasteiger partial charge in [-0.1, -0.05) is 54.6 Å². The molecule has 0 amide bonds. The highest BCUT2D eigenvalue weighted by molar-refractivity contribution is 7.25. The molecule has 0 unspecified atom stereocenters. The first-order valence-corrected chi connectivity index (χ1v) is 13.7. The molecule has 9 aromatic rings. The van der Waals surface area contributed by atoms with Crippen LogP contribution in [0.3, 0.4) is 0 Å². The monoisotopic (exact) mass is 517 g/mol. The number of para-hydroxylation sites is 4. The Kier molecular flexibility index (Phi) is 4.14. The Morgan fingerprint density at radius 3 is 2.23 bits per heavy atom. The van der Waals surface area contributed by atoms with E-state index in [1.54, 1.807) is 0 Å². The van der Waals surface area contributed by atoms with E-state index < -0.39 is 0 Å². The molecule has 0 saturated heterocycles. The van der Waals surface area contributed by atoms with Crippen LogP contribution in [0.2, 0.25) is 0 Å². The van der Waals surface area contributed by atoms with Crippen molar-refractivity contribution in [1.82, 2.24) is 23.9 Å². The molecule has 9 rings (SSSR count). The van der Waals surface area contributed by atoms with Crippen molar-refractivity contribution >= 4 is 70.4 Å². The molecule has 4 heterocycles.